The first kappa shape index (κ1) is 20.3. The number of nitrogens with one attached hydrogen (secondary N) is 1. The molecule has 1 aromatic carbocycles. The molecule has 1 aromatic heterocycles. The molecule has 0 aliphatic carbocycles. The van der Waals surface area contributed by atoms with E-state index in [4.69, 9.17) is 9.47 Å². The van der Waals surface area contributed by atoms with Crippen molar-refractivity contribution in [3.63, 3.8) is 0 Å². The van der Waals surface area contributed by atoms with E-state index >= 15 is 0 Å². The normalized spacial score (nSPS) is 18.5. The van der Waals surface area contributed by atoms with Gasteiger partial charge in [-0.2, -0.15) is 0 Å². The van der Waals surface area contributed by atoms with Crippen LogP contribution in [0.1, 0.15) is 42.9 Å². The molecule has 2 fully saturated rings. The summed E-state index contributed by atoms with van der Waals surface area (Å²) in [6.45, 7) is 3.36. The Morgan fingerprint density at radius 2 is 1.93 bits per heavy atom. The predicted molar refractivity (Wildman–Crippen MR) is 116 cm³/mol. The molecule has 2 aromatic rings. The highest BCUT2D eigenvalue weighted by atomic mass is 16.5. The summed E-state index contributed by atoms with van der Waals surface area (Å²) in [7, 11) is 3.28. The van der Waals surface area contributed by atoms with E-state index < -0.39 is 0 Å². The van der Waals surface area contributed by atoms with Crippen molar-refractivity contribution in [2.75, 3.05) is 38.8 Å². The van der Waals surface area contributed by atoms with Crippen molar-refractivity contribution in [1.29, 1.82) is 0 Å². The van der Waals surface area contributed by atoms with Crippen LogP contribution in [0, 0.1) is 0 Å². The Labute approximate surface area is 178 Å². The van der Waals surface area contributed by atoms with Crippen LogP contribution in [0.2, 0.25) is 0 Å². The van der Waals surface area contributed by atoms with Crippen LogP contribution in [-0.2, 0) is 6.54 Å². The number of hydrogen-bond donors (Lipinski definition) is 1. The lowest BCUT2D eigenvalue weighted by molar-refractivity contribution is 0.191. The summed E-state index contributed by atoms with van der Waals surface area (Å²) >= 11 is 0. The Hall–Kier alpha value is -2.96. The van der Waals surface area contributed by atoms with E-state index in [0.717, 1.165) is 60.9 Å². The zero-order valence-corrected chi connectivity index (χ0v) is 17.8. The Kier molecular flexibility index (Phi) is 6.26. The van der Waals surface area contributed by atoms with Gasteiger partial charge in [0.1, 0.15) is 17.3 Å². The second-order valence-corrected chi connectivity index (χ2v) is 7.84. The van der Waals surface area contributed by atoms with Gasteiger partial charge in [0.2, 0.25) is 0 Å². The number of benzene rings is 1. The first-order chi connectivity index (χ1) is 14.7. The van der Waals surface area contributed by atoms with Gasteiger partial charge in [-0.15, -0.1) is 0 Å². The Bertz CT molecular complexity index is 865. The maximum absolute atomic E-state index is 12.9. The smallest absolute Gasteiger partial charge is 0.318 e. The lowest BCUT2D eigenvalue weighted by Gasteiger charge is -2.27. The van der Waals surface area contributed by atoms with Crippen LogP contribution in [-0.4, -0.2) is 49.8 Å². The lowest BCUT2D eigenvalue weighted by Crippen LogP contribution is -2.39. The van der Waals surface area contributed by atoms with E-state index in [2.05, 4.69) is 21.3 Å². The van der Waals surface area contributed by atoms with Gasteiger partial charge < -0.3 is 24.6 Å². The van der Waals surface area contributed by atoms with Gasteiger partial charge in [-0.1, -0.05) is 6.07 Å². The molecular weight excluding hydrogens is 380 g/mol. The third kappa shape index (κ3) is 4.30. The molecule has 3 heterocycles. The number of amides is 2. The van der Waals surface area contributed by atoms with Crippen molar-refractivity contribution in [3.8, 4) is 11.5 Å². The number of carbonyl (C=O) groups is 1. The molecule has 2 aliphatic heterocycles. The standard InChI is InChI=1S/C23H30N4O3/c1-29-18-8-9-19(21(14-18)30-2)20-6-5-13-27(20)23(28)25-16-17-7-10-22(24-15-17)26-11-3-4-12-26/h7-10,14-15,20H,3-6,11-13,16H2,1-2H3,(H,25,28). The number of rotatable bonds is 6. The number of methoxy groups -OCH3 is 2. The topological polar surface area (TPSA) is 66.9 Å². The van der Waals surface area contributed by atoms with Crippen LogP contribution in [0.5, 0.6) is 11.5 Å². The molecule has 1 unspecified atom stereocenters. The summed E-state index contributed by atoms with van der Waals surface area (Å²) in [4.78, 5) is 21.7. The highest BCUT2D eigenvalue weighted by Gasteiger charge is 2.32. The first-order valence-electron chi connectivity index (χ1n) is 10.7. The maximum atomic E-state index is 12.9. The zero-order valence-electron chi connectivity index (χ0n) is 17.8. The number of nitrogens with zero attached hydrogens (tertiary/aromatic N) is 3. The molecule has 1 N–H and O–H groups in total. The van der Waals surface area contributed by atoms with Gasteiger partial charge in [0.15, 0.2) is 0 Å². The number of aromatic nitrogens is 1. The molecule has 4 rings (SSSR count). The molecule has 0 bridgehead atoms. The van der Waals surface area contributed by atoms with Gasteiger partial charge >= 0.3 is 6.03 Å². The summed E-state index contributed by atoms with van der Waals surface area (Å²) < 4.78 is 10.9. The fraction of sp³-hybridized carbons (Fsp3) is 0.478. The third-order valence-corrected chi connectivity index (χ3v) is 6.00. The van der Waals surface area contributed by atoms with Crippen molar-refractivity contribution in [3.05, 3.63) is 47.7 Å². The first-order valence-corrected chi connectivity index (χ1v) is 10.7. The maximum Gasteiger partial charge on any atom is 0.318 e. The average Bonchev–Trinajstić information content (AvgIpc) is 3.50. The molecule has 30 heavy (non-hydrogen) atoms. The van der Waals surface area contributed by atoms with Gasteiger partial charge in [0, 0.05) is 44.0 Å². The van der Waals surface area contributed by atoms with Crippen LogP contribution < -0.4 is 19.7 Å². The molecule has 160 valence electrons. The number of hydrogen-bond acceptors (Lipinski definition) is 5. The molecule has 1 atom stereocenters. The van der Waals surface area contributed by atoms with Crippen molar-refractivity contribution in [2.24, 2.45) is 0 Å². The van der Waals surface area contributed by atoms with Gasteiger partial charge in [-0.3, -0.25) is 0 Å². The van der Waals surface area contributed by atoms with Gasteiger partial charge in [0.25, 0.3) is 0 Å². The zero-order chi connectivity index (χ0) is 20.9. The molecular formula is C23H30N4O3. The second kappa shape index (κ2) is 9.24. The SMILES string of the molecule is COc1ccc(C2CCCN2C(=O)NCc2ccc(N3CCCC3)nc2)c(OC)c1. The van der Waals surface area contributed by atoms with E-state index in [9.17, 15) is 4.79 Å². The van der Waals surface area contributed by atoms with Gasteiger partial charge in [-0.05, 0) is 49.4 Å². The molecule has 7 nitrogen and oxygen atoms in total. The van der Waals surface area contributed by atoms with Crippen molar-refractivity contribution in [2.45, 2.75) is 38.3 Å². The minimum absolute atomic E-state index is 0.00141. The quantitative estimate of drug-likeness (QED) is 0.786. The fourth-order valence-corrected chi connectivity index (χ4v) is 4.36. The van der Waals surface area contributed by atoms with Crippen LogP contribution >= 0.6 is 0 Å². The monoisotopic (exact) mass is 410 g/mol. The van der Waals surface area contributed by atoms with Gasteiger partial charge in [0.05, 0.1) is 20.3 Å². The van der Waals surface area contributed by atoms with Crippen LogP contribution in [0.3, 0.4) is 0 Å². The van der Waals surface area contributed by atoms with Crippen LogP contribution in [0.4, 0.5) is 10.6 Å². The Morgan fingerprint density at radius 1 is 1.10 bits per heavy atom. The summed E-state index contributed by atoms with van der Waals surface area (Å²) in [5, 5.41) is 3.06. The van der Waals surface area contributed by atoms with Crippen LogP contribution in [0.15, 0.2) is 36.5 Å². The van der Waals surface area contributed by atoms with Crippen molar-refractivity contribution >= 4 is 11.8 Å². The van der Waals surface area contributed by atoms with Crippen molar-refractivity contribution in [1.82, 2.24) is 15.2 Å². The van der Waals surface area contributed by atoms with Crippen LogP contribution in [0.25, 0.3) is 0 Å². The second-order valence-electron chi connectivity index (χ2n) is 7.84. The van der Waals surface area contributed by atoms with E-state index in [1.165, 1.54) is 12.8 Å². The largest absolute Gasteiger partial charge is 0.497 e. The molecule has 0 saturated carbocycles. The van der Waals surface area contributed by atoms with Gasteiger partial charge in [-0.25, -0.2) is 9.78 Å². The predicted octanol–water partition coefficient (Wildman–Crippen LogP) is 3.75. The van der Waals surface area contributed by atoms with E-state index in [1.54, 1.807) is 14.2 Å². The fourth-order valence-electron chi connectivity index (χ4n) is 4.36. The number of likely N-dealkylation sites (tertiary alicyclic amines) is 1. The Balaban J connectivity index is 1.39. The minimum atomic E-state index is -0.0565. The number of pyridine rings is 1. The molecule has 2 amide bonds. The van der Waals surface area contributed by atoms with Crippen molar-refractivity contribution < 1.29 is 14.3 Å². The number of urea groups is 1. The minimum Gasteiger partial charge on any atom is -0.497 e. The van der Waals surface area contributed by atoms with E-state index in [1.807, 2.05) is 35.4 Å². The highest BCUT2D eigenvalue weighted by molar-refractivity contribution is 5.75. The molecule has 2 saturated heterocycles. The lowest BCUT2D eigenvalue weighted by atomic mass is 10.0. The summed E-state index contributed by atoms with van der Waals surface area (Å²) in [5.74, 6) is 2.52. The number of anilines is 1. The number of carbonyl (C=O) groups excluding carboxylic acids is 1. The number of ether oxygens (including phenoxy) is 2. The highest BCUT2D eigenvalue weighted by Crippen LogP contribution is 2.38. The molecule has 0 radical (unpaired) electrons. The molecule has 0 spiro atoms. The summed E-state index contributed by atoms with van der Waals surface area (Å²) in [6, 6.07) is 9.83. The van der Waals surface area contributed by atoms with E-state index in [-0.39, 0.29) is 12.1 Å². The Morgan fingerprint density at radius 3 is 2.63 bits per heavy atom. The van der Waals surface area contributed by atoms with E-state index in [0.29, 0.717) is 6.54 Å². The summed E-state index contributed by atoms with van der Waals surface area (Å²) in [6.07, 6.45) is 6.22. The third-order valence-electron chi connectivity index (χ3n) is 6.00. The average molecular weight is 411 g/mol. The molecule has 2 aliphatic rings. The molecule has 7 heteroatoms. The summed E-state index contributed by atoms with van der Waals surface area (Å²) in [5.41, 5.74) is 2.02.